The summed E-state index contributed by atoms with van der Waals surface area (Å²) in [6.07, 6.45) is 0. The molecular formula is C10H13BN2OSi. The predicted molar refractivity (Wildman–Crippen MR) is 63.5 cm³/mol. The van der Waals surface area contributed by atoms with E-state index < -0.39 is 8.07 Å². The molecule has 1 aromatic heterocycles. The molecule has 0 saturated carbocycles. The Morgan fingerprint density at radius 2 is 2.07 bits per heavy atom. The Bertz CT molecular complexity index is 375. The first-order valence-electron chi connectivity index (χ1n) is 4.71. The van der Waals surface area contributed by atoms with Gasteiger partial charge in [0.05, 0.1) is 0 Å². The van der Waals surface area contributed by atoms with Crippen molar-refractivity contribution >= 4 is 15.9 Å². The van der Waals surface area contributed by atoms with Crippen LogP contribution in [0.3, 0.4) is 0 Å². The first-order chi connectivity index (χ1) is 7.01. The fourth-order valence-electron chi connectivity index (χ4n) is 0.801. The highest BCUT2D eigenvalue weighted by atomic mass is 28.3. The number of hydrogen-bond acceptors (Lipinski definition) is 3. The molecule has 0 unspecified atom stereocenters. The van der Waals surface area contributed by atoms with Crippen LogP contribution >= 0.6 is 0 Å². The largest absolute Gasteiger partial charge is 0.487 e. The summed E-state index contributed by atoms with van der Waals surface area (Å²) < 4.78 is 4.97. The van der Waals surface area contributed by atoms with Gasteiger partial charge in [0.25, 0.3) is 0 Å². The Morgan fingerprint density at radius 1 is 1.33 bits per heavy atom. The van der Waals surface area contributed by atoms with E-state index in [1.165, 1.54) is 0 Å². The number of hydrogen-bond donors (Lipinski definition) is 0. The van der Waals surface area contributed by atoms with Gasteiger partial charge in [0.1, 0.15) is 21.6 Å². The molecule has 76 valence electrons. The molecule has 0 aliphatic heterocycles. The van der Waals surface area contributed by atoms with Crippen LogP contribution in [0.25, 0.3) is 0 Å². The molecule has 0 fully saturated rings. The molecule has 5 heteroatoms. The van der Waals surface area contributed by atoms with E-state index in [0.29, 0.717) is 11.6 Å². The fourth-order valence-corrected chi connectivity index (χ4v) is 1.30. The molecule has 0 saturated heterocycles. The van der Waals surface area contributed by atoms with E-state index in [4.69, 9.17) is 12.6 Å². The van der Waals surface area contributed by atoms with Crippen molar-refractivity contribution in [1.29, 1.82) is 0 Å². The normalized spacial score (nSPS) is 10.3. The Hall–Kier alpha value is -1.28. The minimum atomic E-state index is -1.35. The van der Waals surface area contributed by atoms with Crippen LogP contribution in [0, 0.1) is 11.5 Å². The van der Waals surface area contributed by atoms with Crippen molar-refractivity contribution in [1.82, 2.24) is 10.2 Å². The van der Waals surface area contributed by atoms with Crippen LogP contribution in [0.4, 0.5) is 0 Å². The molecule has 2 radical (unpaired) electrons. The van der Waals surface area contributed by atoms with Crippen LogP contribution in [0.1, 0.15) is 5.69 Å². The first-order valence-corrected chi connectivity index (χ1v) is 8.21. The monoisotopic (exact) mass is 216 g/mol. The van der Waals surface area contributed by atoms with Gasteiger partial charge in [0, 0.05) is 12.6 Å². The van der Waals surface area contributed by atoms with Gasteiger partial charge in [-0.2, -0.15) is 0 Å². The molecule has 0 aliphatic carbocycles. The van der Waals surface area contributed by atoms with Crippen molar-refractivity contribution in [2.24, 2.45) is 0 Å². The van der Waals surface area contributed by atoms with E-state index in [1.807, 2.05) is 0 Å². The highest BCUT2D eigenvalue weighted by Gasteiger charge is 2.07. The SMILES string of the molecule is [B]COc1ccc(C#C[Si](C)(C)C)nn1. The Balaban J connectivity index is 2.75. The molecule has 0 bridgehead atoms. The average Bonchev–Trinajstić information content (AvgIpc) is 2.16. The maximum atomic E-state index is 5.20. The molecule has 0 spiro atoms. The van der Waals surface area contributed by atoms with Crippen LogP contribution in [-0.4, -0.2) is 32.6 Å². The second-order valence-corrected chi connectivity index (χ2v) is 8.82. The molecule has 0 N–H and O–H groups in total. The predicted octanol–water partition coefficient (Wildman–Crippen LogP) is 1.21. The molecule has 0 aliphatic rings. The van der Waals surface area contributed by atoms with Crippen molar-refractivity contribution in [3.63, 3.8) is 0 Å². The van der Waals surface area contributed by atoms with Gasteiger partial charge in [-0.3, -0.25) is 0 Å². The Kier molecular flexibility index (Phi) is 3.92. The minimum absolute atomic E-state index is 0.106. The van der Waals surface area contributed by atoms with E-state index in [9.17, 15) is 0 Å². The lowest BCUT2D eigenvalue weighted by Gasteiger charge is -2.03. The summed E-state index contributed by atoms with van der Waals surface area (Å²) in [5.74, 6) is 3.43. The zero-order valence-electron chi connectivity index (χ0n) is 9.24. The fraction of sp³-hybridized carbons (Fsp3) is 0.400. The molecule has 15 heavy (non-hydrogen) atoms. The maximum absolute atomic E-state index is 5.20. The van der Waals surface area contributed by atoms with Gasteiger partial charge in [0.15, 0.2) is 0 Å². The standard InChI is InChI=1S/C10H13BN2OSi/c1-15(2,3)7-6-9-4-5-10(13-12-9)14-8-11/h4-5H,8H2,1-3H3. The highest BCUT2D eigenvalue weighted by molar-refractivity contribution is 6.83. The van der Waals surface area contributed by atoms with Crippen molar-refractivity contribution in [3.8, 4) is 17.3 Å². The summed E-state index contributed by atoms with van der Waals surface area (Å²) in [6, 6.07) is 3.50. The molecule has 1 rings (SSSR count). The topological polar surface area (TPSA) is 35.0 Å². The van der Waals surface area contributed by atoms with Gasteiger partial charge >= 0.3 is 0 Å². The van der Waals surface area contributed by atoms with E-state index in [0.717, 1.165) is 0 Å². The van der Waals surface area contributed by atoms with Gasteiger partial charge in [0.2, 0.25) is 5.88 Å². The molecule has 0 atom stereocenters. The average molecular weight is 216 g/mol. The van der Waals surface area contributed by atoms with Gasteiger partial charge in [-0.05, 0) is 6.07 Å². The number of nitrogens with zero attached hydrogens (tertiary/aromatic N) is 2. The van der Waals surface area contributed by atoms with Gasteiger partial charge < -0.3 is 4.74 Å². The molecule has 1 heterocycles. The summed E-state index contributed by atoms with van der Waals surface area (Å²) in [5, 5.41) is 7.75. The summed E-state index contributed by atoms with van der Waals surface area (Å²) in [5.41, 5.74) is 3.88. The number of ether oxygens (including phenoxy) is 1. The Labute approximate surface area is 92.7 Å². The number of aromatic nitrogens is 2. The second-order valence-electron chi connectivity index (χ2n) is 4.07. The third kappa shape index (κ3) is 4.66. The third-order valence-electron chi connectivity index (χ3n) is 1.44. The van der Waals surface area contributed by atoms with Crippen molar-refractivity contribution in [2.45, 2.75) is 19.6 Å². The maximum Gasteiger partial charge on any atom is 0.232 e. The Morgan fingerprint density at radius 3 is 2.53 bits per heavy atom. The lowest BCUT2D eigenvalue weighted by Crippen LogP contribution is -2.16. The van der Waals surface area contributed by atoms with Gasteiger partial charge in [-0.25, -0.2) is 0 Å². The zero-order valence-corrected chi connectivity index (χ0v) is 10.2. The first kappa shape index (κ1) is 11.8. The molecular weight excluding hydrogens is 203 g/mol. The van der Waals surface area contributed by atoms with Crippen molar-refractivity contribution < 1.29 is 4.74 Å². The van der Waals surface area contributed by atoms with Crippen LogP contribution < -0.4 is 4.74 Å². The van der Waals surface area contributed by atoms with E-state index in [-0.39, 0.29) is 6.51 Å². The van der Waals surface area contributed by atoms with Crippen molar-refractivity contribution in [2.75, 3.05) is 6.51 Å². The molecule has 3 nitrogen and oxygen atoms in total. The lowest BCUT2D eigenvalue weighted by molar-refractivity contribution is 0.366. The van der Waals surface area contributed by atoms with E-state index in [2.05, 4.69) is 41.3 Å². The van der Waals surface area contributed by atoms with Crippen LogP contribution in [-0.2, 0) is 0 Å². The second kappa shape index (κ2) is 4.99. The summed E-state index contributed by atoms with van der Waals surface area (Å²) in [4.78, 5) is 0. The van der Waals surface area contributed by atoms with Gasteiger partial charge in [-0.1, -0.05) is 25.6 Å². The van der Waals surface area contributed by atoms with E-state index >= 15 is 0 Å². The van der Waals surface area contributed by atoms with Gasteiger partial charge in [-0.15, -0.1) is 15.7 Å². The minimum Gasteiger partial charge on any atom is -0.487 e. The summed E-state index contributed by atoms with van der Waals surface area (Å²) in [6.45, 7) is 6.65. The lowest BCUT2D eigenvalue weighted by atomic mass is 10.2. The molecule has 1 aromatic rings. The van der Waals surface area contributed by atoms with Crippen molar-refractivity contribution in [3.05, 3.63) is 17.8 Å². The van der Waals surface area contributed by atoms with E-state index in [1.54, 1.807) is 12.1 Å². The molecule has 0 aromatic carbocycles. The number of rotatable bonds is 2. The summed E-state index contributed by atoms with van der Waals surface area (Å²) >= 11 is 0. The van der Waals surface area contributed by atoms with Crippen LogP contribution in [0.2, 0.25) is 19.6 Å². The highest BCUT2D eigenvalue weighted by Crippen LogP contribution is 2.04. The zero-order chi connectivity index (χ0) is 11.3. The smallest absolute Gasteiger partial charge is 0.232 e. The third-order valence-corrected chi connectivity index (χ3v) is 2.31. The summed E-state index contributed by atoms with van der Waals surface area (Å²) in [7, 11) is 3.85. The van der Waals surface area contributed by atoms with Crippen LogP contribution in [0.15, 0.2) is 12.1 Å². The van der Waals surface area contributed by atoms with Crippen LogP contribution in [0.5, 0.6) is 5.88 Å². The molecule has 0 amide bonds. The quantitative estimate of drug-likeness (QED) is 0.550.